The van der Waals surface area contributed by atoms with Crippen molar-refractivity contribution in [2.24, 2.45) is 0 Å². The summed E-state index contributed by atoms with van der Waals surface area (Å²) in [5, 5.41) is 0. The lowest BCUT2D eigenvalue weighted by Crippen LogP contribution is -2.25. The predicted molar refractivity (Wildman–Crippen MR) is 52.2 cm³/mol. The molecule has 0 aromatic carbocycles. The van der Waals surface area contributed by atoms with Crippen molar-refractivity contribution in [3.8, 4) is 12.3 Å². The molecule has 1 aliphatic heterocycles. The summed E-state index contributed by atoms with van der Waals surface area (Å²) in [6, 6.07) is -0.196. The van der Waals surface area contributed by atoms with Gasteiger partial charge in [0.25, 0.3) is 0 Å². The second-order valence-electron chi connectivity index (χ2n) is 2.74. The second-order valence-corrected chi connectivity index (χ2v) is 3.21. The van der Waals surface area contributed by atoms with Gasteiger partial charge in [0.05, 0.1) is 12.2 Å². The van der Waals surface area contributed by atoms with Crippen molar-refractivity contribution in [3.05, 3.63) is 0 Å². The first-order valence-electron chi connectivity index (χ1n) is 3.94. The smallest absolute Gasteiger partial charge is 0.109 e. The quantitative estimate of drug-likeness (QED) is 0.351. The van der Waals surface area contributed by atoms with E-state index < -0.39 is 0 Å². The second kappa shape index (κ2) is 4.87. The van der Waals surface area contributed by atoms with Crippen LogP contribution in [0, 0.1) is 12.3 Å². The monoisotopic (exact) mass is 182 g/mol. The van der Waals surface area contributed by atoms with Crippen LogP contribution in [-0.2, 0) is 9.47 Å². The third kappa shape index (κ3) is 2.49. The van der Waals surface area contributed by atoms with Crippen LogP contribution in [0.4, 0.5) is 0 Å². The summed E-state index contributed by atoms with van der Waals surface area (Å²) >= 11 is 0. The van der Waals surface area contributed by atoms with Crippen LogP contribution in [0.3, 0.4) is 0 Å². The zero-order valence-corrected chi connectivity index (χ0v) is 8.06. The van der Waals surface area contributed by atoms with E-state index in [2.05, 4.69) is 15.2 Å². The topological polar surface area (TPSA) is 18.5 Å². The van der Waals surface area contributed by atoms with Crippen molar-refractivity contribution in [2.45, 2.75) is 24.6 Å². The van der Waals surface area contributed by atoms with E-state index in [4.69, 9.17) is 23.7 Å². The van der Waals surface area contributed by atoms with E-state index in [1.807, 2.05) is 0 Å². The van der Waals surface area contributed by atoms with E-state index >= 15 is 0 Å². The summed E-state index contributed by atoms with van der Waals surface area (Å²) in [6.45, 7) is 0.335. The first-order chi connectivity index (χ1) is 5.77. The molecular weight excluding hydrogens is 170 g/mol. The van der Waals surface area contributed by atoms with Gasteiger partial charge in [-0.3, -0.25) is 0 Å². The molecule has 4 atom stereocenters. The predicted octanol–water partition coefficient (Wildman–Crippen LogP) is 0.163. The standard InChI is InChI=1S/C8H12BO2P/c1-2-3-10-6-4-8(9)11-7(6)5-12/h1,6-8H,3-5,12H2. The molecule has 12 heavy (non-hydrogen) atoms. The van der Waals surface area contributed by atoms with Crippen molar-refractivity contribution >= 4 is 17.1 Å². The fraction of sp³-hybridized carbons (Fsp3) is 0.750. The number of hydrogen-bond donors (Lipinski definition) is 0. The minimum atomic E-state index is -0.196. The minimum Gasteiger partial charge on any atom is -0.382 e. The van der Waals surface area contributed by atoms with E-state index in [0.717, 1.165) is 12.6 Å². The Morgan fingerprint density at radius 2 is 2.50 bits per heavy atom. The third-order valence-corrected chi connectivity index (χ3v) is 2.31. The lowest BCUT2D eigenvalue weighted by Gasteiger charge is -2.15. The van der Waals surface area contributed by atoms with E-state index in [0.29, 0.717) is 6.61 Å². The highest BCUT2D eigenvalue weighted by Crippen LogP contribution is 2.22. The molecule has 0 amide bonds. The Balaban J connectivity index is 2.36. The SMILES string of the molecule is [B]C1CC(OCC#C)C(CP)O1. The first kappa shape index (κ1) is 10.1. The lowest BCUT2D eigenvalue weighted by molar-refractivity contribution is 0.0117. The van der Waals surface area contributed by atoms with Crippen LogP contribution < -0.4 is 0 Å². The third-order valence-electron chi connectivity index (χ3n) is 1.84. The largest absolute Gasteiger partial charge is 0.382 e. The van der Waals surface area contributed by atoms with Gasteiger partial charge in [-0.25, -0.2) is 0 Å². The Labute approximate surface area is 77.0 Å². The molecular formula is C8H12BO2P. The highest BCUT2D eigenvalue weighted by atomic mass is 31.0. The van der Waals surface area contributed by atoms with Gasteiger partial charge in [-0.2, -0.15) is 0 Å². The Kier molecular flexibility index (Phi) is 4.08. The molecule has 1 saturated heterocycles. The number of ether oxygens (including phenoxy) is 2. The van der Waals surface area contributed by atoms with Crippen LogP contribution in [0.25, 0.3) is 0 Å². The average molecular weight is 182 g/mol. The maximum absolute atomic E-state index is 5.60. The van der Waals surface area contributed by atoms with Crippen molar-refractivity contribution in [1.29, 1.82) is 0 Å². The fourth-order valence-electron chi connectivity index (χ4n) is 1.29. The Hall–Kier alpha value is -0.0251. The van der Waals surface area contributed by atoms with Gasteiger partial charge in [0.2, 0.25) is 0 Å². The van der Waals surface area contributed by atoms with Gasteiger partial charge in [0.15, 0.2) is 0 Å². The molecule has 0 aliphatic carbocycles. The molecule has 4 heteroatoms. The van der Waals surface area contributed by atoms with Gasteiger partial charge in [-0.15, -0.1) is 15.7 Å². The normalized spacial score (nSPS) is 34.8. The molecule has 0 aromatic heterocycles. The van der Waals surface area contributed by atoms with E-state index in [1.54, 1.807) is 0 Å². The highest BCUT2D eigenvalue weighted by Gasteiger charge is 2.31. The molecule has 0 saturated carbocycles. The average Bonchev–Trinajstić information content (AvgIpc) is 2.42. The summed E-state index contributed by atoms with van der Waals surface area (Å²) in [6.07, 6.45) is 6.79. The molecule has 1 heterocycles. The zero-order valence-electron chi connectivity index (χ0n) is 6.90. The van der Waals surface area contributed by atoms with Gasteiger partial charge in [-0.05, 0) is 12.6 Å². The van der Waals surface area contributed by atoms with Crippen molar-refractivity contribution in [3.63, 3.8) is 0 Å². The molecule has 1 aliphatic rings. The van der Waals surface area contributed by atoms with Crippen molar-refractivity contribution < 1.29 is 9.47 Å². The molecule has 64 valence electrons. The van der Waals surface area contributed by atoms with Crippen molar-refractivity contribution in [1.82, 2.24) is 0 Å². The van der Waals surface area contributed by atoms with Crippen molar-refractivity contribution in [2.75, 3.05) is 12.8 Å². The summed E-state index contributed by atoms with van der Waals surface area (Å²) < 4.78 is 10.8. The molecule has 1 fully saturated rings. The minimum absolute atomic E-state index is 0.0635. The first-order valence-corrected chi connectivity index (χ1v) is 4.75. The van der Waals surface area contributed by atoms with E-state index in [1.165, 1.54) is 0 Å². The van der Waals surface area contributed by atoms with Gasteiger partial charge in [0, 0.05) is 6.00 Å². The molecule has 4 unspecified atom stereocenters. The van der Waals surface area contributed by atoms with E-state index in [-0.39, 0.29) is 18.2 Å². The number of rotatable bonds is 3. The maximum Gasteiger partial charge on any atom is 0.109 e. The Bertz CT molecular complexity index is 180. The van der Waals surface area contributed by atoms with Crippen LogP contribution in [-0.4, -0.2) is 38.8 Å². The molecule has 2 radical (unpaired) electrons. The summed E-state index contributed by atoms with van der Waals surface area (Å²) in [4.78, 5) is 0. The molecule has 0 aromatic rings. The van der Waals surface area contributed by atoms with Crippen LogP contribution in [0.15, 0.2) is 0 Å². The number of terminal acetylenes is 1. The summed E-state index contributed by atoms with van der Waals surface area (Å²) in [5.74, 6) is 2.43. The van der Waals surface area contributed by atoms with Crippen LogP contribution in [0.2, 0.25) is 0 Å². The zero-order chi connectivity index (χ0) is 8.97. The fourth-order valence-corrected chi connectivity index (χ4v) is 1.70. The van der Waals surface area contributed by atoms with Crippen LogP contribution in [0.5, 0.6) is 0 Å². The highest BCUT2D eigenvalue weighted by molar-refractivity contribution is 7.16. The Morgan fingerprint density at radius 1 is 1.75 bits per heavy atom. The van der Waals surface area contributed by atoms with Gasteiger partial charge < -0.3 is 9.47 Å². The Morgan fingerprint density at radius 3 is 3.08 bits per heavy atom. The molecule has 0 spiro atoms. The maximum atomic E-state index is 5.60. The summed E-state index contributed by atoms with van der Waals surface area (Å²) in [5.41, 5.74) is 0. The lowest BCUT2D eigenvalue weighted by atomic mass is 9.96. The van der Waals surface area contributed by atoms with Gasteiger partial charge in [-0.1, -0.05) is 5.92 Å². The number of hydrogen-bond acceptors (Lipinski definition) is 2. The van der Waals surface area contributed by atoms with E-state index in [9.17, 15) is 0 Å². The molecule has 0 bridgehead atoms. The molecule has 2 nitrogen and oxygen atoms in total. The summed E-state index contributed by atoms with van der Waals surface area (Å²) in [7, 11) is 8.22. The van der Waals surface area contributed by atoms with Gasteiger partial charge in [0.1, 0.15) is 14.5 Å². The molecule has 0 N–H and O–H groups in total. The molecule has 1 rings (SSSR count). The van der Waals surface area contributed by atoms with Crippen LogP contribution in [0.1, 0.15) is 6.42 Å². The van der Waals surface area contributed by atoms with Gasteiger partial charge >= 0.3 is 0 Å². The van der Waals surface area contributed by atoms with Crippen LogP contribution >= 0.6 is 9.24 Å².